The second-order valence-electron chi connectivity index (χ2n) is 15.6. The molecular weight excluding hydrogens is 743 g/mol. The standard InChI is InChI=1S/C52H33N5OS/c1-52(2)40-23-9-6-16-33(40)35-19-12-21-38(43(35)52)50-53-44(46-45(54-50)37-18-7-10-24-41(37)58-46)30-26-28-32(29-27-30)49-55-48(31-14-4-3-5-15-31)56-51(57-49)39-22-13-20-36-34-17-8-11-25-42(34)59-47(36)39/h3-29H,1-2H3. The minimum Gasteiger partial charge on any atom is -0.452 e. The van der Waals surface area contributed by atoms with Crippen molar-refractivity contribution >= 4 is 53.6 Å². The van der Waals surface area contributed by atoms with Crippen molar-refractivity contribution in [3.63, 3.8) is 0 Å². The van der Waals surface area contributed by atoms with Gasteiger partial charge in [0.15, 0.2) is 28.9 Å². The van der Waals surface area contributed by atoms with Gasteiger partial charge in [0.05, 0.1) is 0 Å². The van der Waals surface area contributed by atoms with Gasteiger partial charge >= 0.3 is 0 Å². The zero-order chi connectivity index (χ0) is 39.2. The van der Waals surface area contributed by atoms with Gasteiger partial charge in [-0.3, -0.25) is 0 Å². The highest BCUT2D eigenvalue weighted by Gasteiger charge is 2.38. The van der Waals surface area contributed by atoms with Crippen LogP contribution in [0.4, 0.5) is 0 Å². The van der Waals surface area contributed by atoms with Crippen LogP contribution in [0.15, 0.2) is 168 Å². The molecule has 11 aromatic rings. The second-order valence-corrected chi connectivity index (χ2v) is 16.7. The van der Waals surface area contributed by atoms with Gasteiger partial charge in [-0.2, -0.15) is 0 Å². The van der Waals surface area contributed by atoms with E-state index in [1.54, 1.807) is 11.3 Å². The summed E-state index contributed by atoms with van der Waals surface area (Å²) < 4.78 is 8.95. The van der Waals surface area contributed by atoms with Crippen LogP contribution in [0.5, 0.6) is 0 Å². The molecule has 0 aliphatic heterocycles. The van der Waals surface area contributed by atoms with Crippen molar-refractivity contribution in [2.24, 2.45) is 0 Å². The van der Waals surface area contributed by atoms with E-state index in [4.69, 9.17) is 29.3 Å². The van der Waals surface area contributed by atoms with Crippen LogP contribution in [-0.2, 0) is 5.41 Å². The Morgan fingerprint density at radius 3 is 1.88 bits per heavy atom. The minimum absolute atomic E-state index is 0.231. The summed E-state index contributed by atoms with van der Waals surface area (Å²) in [6.45, 7) is 4.59. The lowest BCUT2D eigenvalue weighted by molar-refractivity contribution is 0.661. The molecule has 6 nitrogen and oxygen atoms in total. The lowest BCUT2D eigenvalue weighted by Gasteiger charge is -2.24. The molecular formula is C52H33N5OS. The normalized spacial score (nSPS) is 13.1. The molecule has 7 heteroatoms. The monoisotopic (exact) mass is 775 g/mol. The molecule has 0 amide bonds. The molecule has 0 radical (unpaired) electrons. The SMILES string of the molecule is CC1(C)c2ccccc2-c2cccc(-c3nc(-c4ccc(-c5nc(-c6ccccc6)nc(-c6cccc7c6sc6ccccc67)n5)cc4)c4oc5ccccc5c4n3)c21. The van der Waals surface area contributed by atoms with Gasteiger partial charge in [-0.1, -0.05) is 153 Å². The zero-order valence-corrected chi connectivity index (χ0v) is 33.0. The maximum atomic E-state index is 6.56. The third-order valence-corrected chi connectivity index (χ3v) is 13.0. The quantitative estimate of drug-likeness (QED) is 0.173. The average molecular weight is 776 g/mol. The van der Waals surface area contributed by atoms with E-state index in [1.165, 1.54) is 37.7 Å². The van der Waals surface area contributed by atoms with Crippen molar-refractivity contribution in [2.75, 3.05) is 0 Å². The van der Waals surface area contributed by atoms with E-state index in [9.17, 15) is 0 Å². The Balaban J connectivity index is 1.02. The molecule has 4 heterocycles. The molecule has 0 saturated carbocycles. The number of aromatic nitrogens is 5. The van der Waals surface area contributed by atoms with E-state index in [0.29, 0.717) is 28.9 Å². The summed E-state index contributed by atoms with van der Waals surface area (Å²) in [5.74, 6) is 2.53. The molecule has 0 bridgehead atoms. The Labute approximate surface area is 343 Å². The Morgan fingerprint density at radius 2 is 1.03 bits per heavy atom. The fourth-order valence-corrected chi connectivity index (χ4v) is 10.2. The number of rotatable bonds is 5. The molecule has 0 atom stereocenters. The van der Waals surface area contributed by atoms with Crippen LogP contribution in [0, 0.1) is 0 Å². The fourth-order valence-electron chi connectivity index (χ4n) is 8.98. The number of nitrogens with zero attached hydrogens (tertiary/aromatic N) is 5. The Hall–Kier alpha value is -7.35. The number of fused-ring (bicyclic) bond motifs is 9. The molecule has 0 N–H and O–H groups in total. The van der Waals surface area contributed by atoms with Gasteiger partial charge in [0.25, 0.3) is 0 Å². The van der Waals surface area contributed by atoms with Crippen molar-refractivity contribution in [2.45, 2.75) is 19.3 Å². The summed E-state index contributed by atoms with van der Waals surface area (Å²) in [6, 6.07) is 56.6. The van der Waals surface area contributed by atoms with E-state index in [2.05, 4.69) is 129 Å². The van der Waals surface area contributed by atoms with Crippen LogP contribution < -0.4 is 0 Å². The van der Waals surface area contributed by atoms with Gasteiger partial charge in [0.2, 0.25) is 0 Å². The average Bonchev–Trinajstić information content (AvgIpc) is 3.94. The van der Waals surface area contributed by atoms with Crippen LogP contribution in [-0.4, -0.2) is 24.9 Å². The van der Waals surface area contributed by atoms with Crippen LogP contribution in [0.3, 0.4) is 0 Å². The van der Waals surface area contributed by atoms with Gasteiger partial charge in [0.1, 0.15) is 16.8 Å². The number of hydrogen-bond acceptors (Lipinski definition) is 7. The molecule has 1 aliphatic rings. The third kappa shape index (κ3) is 5.21. The fraction of sp³-hybridized carbons (Fsp3) is 0.0577. The minimum atomic E-state index is -0.231. The van der Waals surface area contributed by atoms with Crippen molar-refractivity contribution in [3.8, 4) is 67.9 Å². The number of thiophene rings is 1. The predicted molar refractivity (Wildman–Crippen MR) is 240 cm³/mol. The first-order chi connectivity index (χ1) is 29.0. The largest absolute Gasteiger partial charge is 0.452 e. The zero-order valence-electron chi connectivity index (χ0n) is 32.1. The lowest BCUT2D eigenvalue weighted by Crippen LogP contribution is -2.16. The van der Waals surface area contributed by atoms with E-state index in [1.807, 2.05) is 48.5 Å². The maximum Gasteiger partial charge on any atom is 0.180 e. The molecule has 278 valence electrons. The van der Waals surface area contributed by atoms with Gasteiger partial charge in [-0.25, -0.2) is 24.9 Å². The topological polar surface area (TPSA) is 77.6 Å². The molecule has 59 heavy (non-hydrogen) atoms. The molecule has 0 spiro atoms. The first kappa shape index (κ1) is 33.8. The Bertz CT molecular complexity index is 3480. The first-order valence-electron chi connectivity index (χ1n) is 19.8. The van der Waals surface area contributed by atoms with E-state index in [-0.39, 0.29) is 5.41 Å². The number of para-hydroxylation sites is 1. The van der Waals surface area contributed by atoms with Gasteiger partial charge in [0, 0.05) is 58.8 Å². The molecule has 12 rings (SSSR count). The van der Waals surface area contributed by atoms with Gasteiger partial charge < -0.3 is 4.42 Å². The van der Waals surface area contributed by atoms with Crippen molar-refractivity contribution in [1.29, 1.82) is 0 Å². The summed E-state index contributed by atoms with van der Waals surface area (Å²) in [6.07, 6.45) is 0. The van der Waals surface area contributed by atoms with Crippen LogP contribution >= 0.6 is 11.3 Å². The summed E-state index contributed by atoms with van der Waals surface area (Å²) in [4.78, 5) is 25.9. The number of furan rings is 1. The smallest absolute Gasteiger partial charge is 0.180 e. The van der Waals surface area contributed by atoms with Gasteiger partial charge in [-0.15, -0.1) is 11.3 Å². The van der Waals surface area contributed by atoms with Crippen molar-refractivity contribution < 1.29 is 4.42 Å². The van der Waals surface area contributed by atoms with Crippen LogP contribution in [0.1, 0.15) is 25.0 Å². The van der Waals surface area contributed by atoms with Gasteiger partial charge in [-0.05, 0) is 46.5 Å². The second kappa shape index (κ2) is 12.8. The predicted octanol–water partition coefficient (Wildman–Crippen LogP) is 13.6. The summed E-state index contributed by atoms with van der Waals surface area (Å²) in [5, 5.41) is 3.39. The molecule has 0 saturated heterocycles. The van der Waals surface area contributed by atoms with E-state index < -0.39 is 0 Å². The molecule has 0 fully saturated rings. The summed E-state index contributed by atoms with van der Waals surface area (Å²) in [5.41, 5.74) is 12.5. The molecule has 4 aromatic heterocycles. The summed E-state index contributed by atoms with van der Waals surface area (Å²) in [7, 11) is 0. The molecule has 7 aromatic carbocycles. The molecule has 0 unspecified atom stereocenters. The van der Waals surface area contributed by atoms with Crippen molar-refractivity contribution in [1.82, 2.24) is 24.9 Å². The summed E-state index contributed by atoms with van der Waals surface area (Å²) >= 11 is 1.77. The number of hydrogen-bond donors (Lipinski definition) is 0. The third-order valence-electron chi connectivity index (χ3n) is 11.8. The maximum absolute atomic E-state index is 6.56. The van der Waals surface area contributed by atoms with Crippen LogP contribution in [0.25, 0.3) is 110 Å². The molecule has 1 aliphatic carbocycles. The first-order valence-corrected chi connectivity index (χ1v) is 20.6. The van der Waals surface area contributed by atoms with Crippen LogP contribution in [0.2, 0.25) is 0 Å². The lowest BCUT2D eigenvalue weighted by atomic mass is 9.80. The van der Waals surface area contributed by atoms with E-state index in [0.717, 1.165) is 54.7 Å². The van der Waals surface area contributed by atoms with Crippen molar-refractivity contribution in [3.05, 3.63) is 175 Å². The van der Waals surface area contributed by atoms with E-state index >= 15 is 0 Å². The highest BCUT2D eigenvalue weighted by molar-refractivity contribution is 7.26. The Morgan fingerprint density at radius 1 is 0.441 bits per heavy atom. The highest BCUT2D eigenvalue weighted by Crippen LogP contribution is 2.52. The Kier molecular flexibility index (Phi) is 7.34. The highest BCUT2D eigenvalue weighted by atomic mass is 32.1. The number of benzene rings is 7.